The van der Waals surface area contributed by atoms with E-state index in [0.29, 0.717) is 19.4 Å². The molecule has 0 unspecified atom stereocenters. The summed E-state index contributed by atoms with van der Waals surface area (Å²) < 4.78 is 32.9. The van der Waals surface area contributed by atoms with Crippen LogP contribution in [0.1, 0.15) is 38.3 Å². The number of hydrogen-bond acceptors (Lipinski definition) is 3. The molecule has 1 aromatic carbocycles. The van der Waals surface area contributed by atoms with Crippen LogP contribution in [0.15, 0.2) is 30.3 Å². The number of nitrogens with one attached hydrogen (secondary N) is 1. The molecule has 19 heavy (non-hydrogen) atoms. The van der Waals surface area contributed by atoms with Crippen LogP contribution < -0.4 is 4.72 Å². The van der Waals surface area contributed by atoms with Crippen molar-refractivity contribution >= 4 is 10.0 Å². The molecule has 0 radical (unpaired) electrons. The Morgan fingerprint density at radius 3 is 2.63 bits per heavy atom. The van der Waals surface area contributed by atoms with Crippen molar-refractivity contribution in [2.24, 2.45) is 0 Å². The molecule has 1 aromatic rings. The molecule has 4 nitrogen and oxygen atoms in total. The molecule has 0 amide bonds. The molecular formula is C14H21NO3S. The van der Waals surface area contributed by atoms with Gasteiger partial charge in [-0.25, -0.2) is 13.1 Å². The fourth-order valence-corrected chi connectivity index (χ4v) is 4.14. The van der Waals surface area contributed by atoms with E-state index in [9.17, 15) is 8.42 Å². The van der Waals surface area contributed by atoms with Crippen molar-refractivity contribution in [2.45, 2.75) is 44.1 Å². The zero-order chi connectivity index (χ0) is 13.9. The maximum atomic E-state index is 12.3. The normalized spacial score (nSPS) is 26.0. The summed E-state index contributed by atoms with van der Waals surface area (Å²) in [6.07, 6.45) is 1.15. The van der Waals surface area contributed by atoms with Gasteiger partial charge in [0, 0.05) is 12.6 Å². The van der Waals surface area contributed by atoms with Crippen molar-refractivity contribution in [1.29, 1.82) is 0 Å². The molecule has 1 saturated heterocycles. The van der Waals surface area contributed by atoms with E-state index in [-0.39, 0.29) is 17.4 Å². The third-order valence-electron chi connectivity index (χ3n) is 3.52. The summed E-state index contributed by atoms with van der Waals surface area (Å²) in [6.45, 7) is 4.31. The molecule has 2 rings (SSSR count). The summed E-state index contributed by atoms with van der Waals surface area (Å²) in [6, 6.07) is 9.40. The van der Waals surface area contributed by atoms with Crippen LogP contribution in [0.2, 0.25) is 0 Å². The average Bonchev–Trinajstić information content (AvgIpc) is 2.39. The highest BCUT2D eigenvalue weighted by atomic mass is 32.2. The lowest BCUT2D eigenvalue weighted by Crippen LogP contribution is -2.41. The highest BCUT2D eigenvalue weighted by molar-refractivity contribution is 7.90. The minimum atomic E-state index is -3.29. The summed E-state index contributed by atoms with van der Waals surface area (Å²) in [5.41, 5.74) is 0.978. The second-order valence-electron chi connectivity index (χ2n) is 5.12. The fourth-order valence-electron chi connectivity index (χ4n) is 2.39. The molecule has 3 atom stereocenters. The molecule has 0 bridgehead atoms. The highest BCUT2D eigenvalue weighted by Crippen LogP contribution is 2.22. The number of sulfonamides is 1. The van der Waals surface area contributed by atoms with Gasteiger partial charge in [0.15, 0.2) is 0 Å². The van der Waals surface area contributed by atoms with Gasteiger partial charge in [0.2, 0.25) is 10.0 Å². The molecule has 1 N–H and O–H groups in total. The molecule has 1 fully saturated rings. The van der Waals surface area contributed by atoms with Crippen LogP contribution >= 0.6 is 0 Å². The van der Waals surface area contributed by atoms with Crippen LogP contribution in [-0.2, 0) is 14.8 Å². The van der Waals surface area contributed by atoms with Crippen LogP contribution in [0.5, 0.6) is 0 Å². The van der Waals surface area contributed by atoms with Crippen molar-refractivity contribution in [1.82, 2.24) is 4.72 Å². The van der Waals surface area contributed by atoms with Gasteiger partial charge in [0.1, 0.15) is 0 Å². The minimum Gasteiger partial charge on any atom is -0.378 e. The topological polar surface area (TPSA) is 55.4 Å². The van der Waals surface area contributed by atoms with Gasteiger partial charge in [0.25, 0.3) is 0 Å². The average molecular weight is 283 g/mol. The molecule has 5 heteroatoms. The third-order valence-corrected chi connectivity index (χ3v) is 5.50. The lowest BCUT2D eigenvalue weighted by Gasteiger charge is -2.28. The number of hydrogen-bond donors (Lipinski definition) is 1. The van der Waals surface area contributed by atoms with Gasteiger partial charge in [-0.05, 0) is 32.3 Å². The van der Waals surface area contributed by atoms with Crippen molar-refractivity contribution in [3.05, 3.63) is 35.9 Å². The maximum Gasteiger partial charge on any atom is 0.215 e. The Labute approximate surface area is 115 Å². The van der Waals surface area contributed by atoms with Crippen LogP contribution in [0.3, 0.4) is 0 Å². The lowest BCUT2D eigenvalue weighted by atomic mass is 10.1. The second-order valence-corrected chi connectivity index (χ2v) is 7.12. The van der Waals surface area contributed by atoms with Gasteiger partial charge in [-0.1, -0.05) is 30.3 Å². The summed E-state index contributed by atoms with van der Waals surface area (Å²) in [5.74, 6) is 0. The van der Waals surface area contributed by atoms with Crippen LogP contribution in [0.25, 0.3) is 0 Å². The Kier molecular flexibility index (Phi) is 4.60. The van der Waals surface area contributed by atoms with Gasteiger partial charge in [-0.3, -0.25) is 0 Å². The Hall–Kier alpha value is -0.910. The predicted octanol–water partition coefficient (Wildman–Crippen LogP) is 2.23. The Bertz CT molecular complexity index is 501. The molecular weight excluding hydrogens is 262 g/mol. The van der Waals surface area contributed by atoms with Gasteiger partial charge in [-0.15, -0.1) is 0 Å². The predicted molar refractivity (Wildman–Crippen MR) is 75.3 cm³/mol. The third kappa shape index (κ3) is 3.78. The van der Waals surface area contributed by atoms with Gasteiger partial charge >= 0.3 is 0 Å². The van der Waals surface area contributed by atoms with Gasteiger partial charge in [-0.2, -0.15) is 0 Å². The molecule has 1 aliphatic rings. The van der Waals surface area contributed by atoms with Crippen molar-refractivity contribution in [3.8, 4) is 0 Å². The molecule has 106 valence electrons. The standard InChI is InChI=1S/C14H21NO3S/c1-11-10-14(8-9-18-11)19(16,17)15-12(2)13-6-4-3-5-7-13/h3-7,11-12,14-15H,8-10H2,1-2H3/t11-,12-,14+/m1/s1. The first-order chi connectivity index (χ1) is 8.99. The zero-order valence-electron chi connectivity index (χ0n) is 11.4. The highest BCUT2D eigenvalue weighted by Gasteiger charge is 2.31. The molecule has 1 aliphatic heterocycles. The van der Waals surface area contributed by atoms with E-state index >= 15 is 0 Å². The summed E-state index contributed by atoms with van der Waals surface area (Å²) in [5, 5.41) is -0.345. The molecule has 0 aliphatic carbocycles. The summed E-state index contributed by atoms with van der Waals surface area (Å²) in [4.78, 5) is 0. The Morgan fingerprint density at radius 2 is 2.00 bits per heavy atom. The number of rotatable bonds is 4. The quantitative estimate of drug-likeness (QED) is 0.922. The lowest BCUT2D eigenvalue weighted by molar-refractivity contribution is 0.0299. The van der Waals surface area contributed by atoms with E-state index in [1.165, 1.54) is 0 Å². The van der Waals surface area contributed by atoms with E-state index < -0.39 is 10.0 Å². The monoisotopic (exact) mass is 283 g/mol. The Balaban J connectivity index is 2.04. The summed E-state index contributed by atoms with van der Waals surface area (Å²) >= 11 is 0. The zero-order valence-corrected chi connectivity index (χ0v) is 12.2. The van der Waals surface area contributed by atoms with Crippen LogP contribution in [0.4, 0.5) is 0 Å². The largest absolute Gasteiger partial charge is 0.378 e. The molecule has 0 spiro atoms. The SMILES string of the molecule is C[C@@H]1C[C@@H](S(=O)(=O)N[C@H](C)c2ccccc2)CCO1. The summed E-state index contributed by atoms with van der Waals surface area (Å²) in [7, 11) is -3.29. The van der Waals surface area contributed by atoms with E-state index in [1.807, 2.05) is 44.2 Å². The van der Waals surface area contributed by atoms with Crippen LogP contribution in [0, 0.1) is 0 Å². The van der Waals surface area contributed by atoms with Crippen molar-refractivity contribution in [2.75, 3.05) is 6.61 Å². The maximum absolute atomic E-state index is 12.3. The minimum absolute atomic E-state index is 0.0161. The molecule has 0 aromatic heterocycles. The Morgan fingerprint density at radius 1 is 1.32 bits per heavy atom. The number of ether oxygens (including phenoxy) is 1. The van der Waals surface area contributed by atoms with Crippen LogP contribution in [-0.4, -0.2) is 26.4 Å². The number of benzene rings is 1. The van der Waals surface area contributed by atoms with Gasteiger partial charge in [0.05, 0.1) is 11.4 Å². The molecule has 0 saturated carbocycles. The first kappa shape index (κ1) is 14.5. The smallest absolute Gasteiger partial charge is 0.215 e. The first-order valence-corrected chi connectivity index (χ1v) is 8.21. The molecule has 1 heterocycles. The van der Waals surface area contributed by atoms with E-state index in [2.05, 4.69) is 4.72 Å². The van der Waals surface area contributed by atoms with E-state index in [1.54, 1.807) is 0 Å². The van der Waals surface area contributed by atoms with E-state index in [0.717, 1.165) is 5.56 Å². The van der Waals surface area contributed by atoms with E-state index in [4.69, 9.17) is 4.74 Å². The van der Waals surface area contributed by atoms with Crippen molar-refractivity contribution in [3.63, 3.8) is 0 Å². The fraction of sp³-hybridized carbons (Fsp3) is 0.571. The second kappa shape index (κ2) is 6.03. The van der Waals surface area contributed by atoms with Gasteiger partial charge < -0.3 is 4.74 Å². The van der Waals surface area contributed by atoms with Crippen molar-refractivity contribution < 1.29 is 13.2 Å². The first-order valence-electron chi connectivity index (χ1n) is 6.67.